The Morgan fingerprint density at radius 1 is 1.26 bits per heavy atom. The molecule has 8 nitrogen and oxygen atoms in total. The summed E-state index contributed by atoms with van der Waals surface area (Å²) < 4.78 is 7.41. The summed E-state index contributed by atoms with van der Waals surface area (Å²) >= 11 is 5.98. The minimum atomic E-state index is -0.572. The van der Waals surface area contributed by atoms with Gasteiger partial charge in [0.1, 0.15) is 12.4 Å². The molecule has 0 saturated heterocycles. The number of non-ortho nitro benzene ring substituents is 1. The van der Waals surface area contributed by atoms with Crippen LogP contribution in [0.25, 0.3) is 0 Å². The number of ether oxygens (including phenoxy) is 1. The van der Waals surface area contributed by atoms with Crippen LogP contribution in [-0.4, -0.2) is 27.2 Å². The average molecular weight is 387 g/mol. The van der Waals surface area contributed by atoms with E-state index in [-0.39, 0.29) is 16.3 Å². The molecule has 0 bridgehead atoms. The Kier molecular flexibility index (Phi) is 5.68. The van der Waals surface area contributed by atoms with Crippen molar-refractivity contribution in [1.82, 2.24) is 9.78 Å². The van der Waals surface area contributed by atoms with Gasteiger partial charge in [-0.1, -0.05) is 17.7 Å². The molecule has 1 N–H and O–H groups in total. The van der Waals surface area contributed by atoms with Gasteiger partial charge in [0.25, 0.3) is 11.6 Å². The minimum Gasteiger partial charge on any atom is -0.492 e. The Balaban J connectivity index is 1.63. The molecule has 9 heteroatoms. The van der Waals surface area contributed by atoms with E-state index < -0.39 is 10.8 Å². The second-order valence-corrected chi connectivity index (χ2v) is 5.93. The summed E-state index contributed by atoms with van der Waals surface area (Å²) in [5, 5.41) is 17.5. The van der Waals surface area contributed by atoms with Gasteiger partial charge in [-0.15, -0.1) is 0 Å². The Labute approximate surface area is 159 Å². The third-order valence-electron chi connectivity index (χ3n) is 3.65. The number of carbonyl (C=O) groups is 1. The number of nitrogens with zero attached hydrogens (tertiary/aromatic N) is 3. The molecule has 2 aromatic carbocycles. The van der Waals surface area contributed by atoms with E-state index in [4.69, 9.17) is 16.3 Å². The van der Waals surface area contributed by atoms with Gasteiger partial charge in [0, 0.05) is 36.3 Å². The summed E-state index contributed by atoms with van der Waals surface area (Å²) in [4.78, 5) is 22.6. The fourth-order valence-corrected chi connectivity index (χ4v) is 2.61. The van der Waals surface area contributed by atoms with E-state index in [2.05, 4.69) is 10.4 Å². The molecular weight excluding hydrogens is 372 g/mol. The largest absolute Gasteiger partial charge is 0.492 e. The predicted molar refractivity (Wildman–Crippen MR) is 100 cm³/mol. The number of nitro benzene ring substituents is 1. The first-order valence-electron chi connectivity index (χ1n) is 7.98. The third-order valence-corrected chi connectivity index (χ3v) is 3.96. The van der Waals surface area contributed by atoms with Crippen molar-refractivity contribution in [2.45, 2.75) is 6.54 Å². The lowest BCUT2D eigenvalue weighted by Crippen LogP contribution is -2.13. The van der Waals surface area contributed by atoms with Crippen LogP contribution in [0.15, 0.2) is 60.9 Å². The van der Waals surface area contributed by atoms with Crippen LogP contribution in [0.1, 0.15) is 10.4 Å². The molecule has 0 radical (unpaired) electrons. The molecule has 3 aromatic rings. The molecular formula is C18H15ClN4O4. The number of carbonyl (C=O) groups excluding carboxylic acids is 1. The smallest absolute Gasteiger partial charge is 0.270 e. The number of amides is 1. The molecule has 0 spiro atoms. The standard InChI is InChI=1S/C18H15ClN4O4/c19-17-12-14(23(25)26)5-6-16(17)18(24)21-13-3-1-4-15(11-13)27-10-9-22-8-2-7-20-22/h1-8,11-12H,9-10H2,(H,21,24). The highest BCUT2D eigenvalue weighted by Gasteiger charge is 2.15. The molecule has 0 aliphatic heterocycles. The normalized spacial score (nSPS) is 10.4. The lowest BCUT2D eigenvalue weighted by atomic mass is 10.2. The van der Waals surface area contributed by atoms with Gasteiger partial charge < -0.3 is 10.1 Å². The number of aromatic nitrogens is 2. The van der Waals surface area contributed by atoms with Crippen LogP contribution in [0.5, 0.6) is 5.75 Å². The summed E-state index contributed by atoms with van der Waals surface area (Å²) in [6, 6.07) is 12.4. The molecule has 0 unspecified atom stereocenters. The quantitative estimate of drug-likeness (QED) is 0.492. The zero-order valence-corrected chi connectivity index (χ0v) is 14.8. The van der Waals surface area contributed by atoms with E-state index in [0.29, 0.717) is 24.6 Å². The van der Waals surface area contributed by atoms with E-state index in [1.165, 1.54) is 12.1 Å². The molecule has 0 aliphatic rings. The molecule has 0 atom stereocenters. The topological polar surface area (TPSA) is 99.3 Å². The van der Waals surface area contributed by atoms with Crippen molar-refractivity contribution in [3.63, 3.8) is 0 Å². The van der Waals surface area contributed by atoms with E-state index in [0.717, 1.165) is 6.07 Å². The van der Waals surface area contributed by atoms with Crippen molar-refractivity contribution >= 4 is 28.9 Å². The Bertz CT molecular complexity index is 960. The van der Waals surface area contributed by atoms with Gasteiger partial charge in [0.15, 0.2) is 0 Å². The van der Waals surface area contributed by atoms with Crippen molar-refractivity contribution in [3.8, 4) is 5.75 Å². The van der Waals surface area contributed by atoms with E-state index in [1.807, 2.05) is 12.3 Å². The highest BCUT2D eigenvalue weighted by atomic mass is 35.5. The first-order valence-corrected chi connectivity index (χ1v) is 8.36. The van der Waals surface area contributed by atoms with Crippen molar-refractivity contribution in [2.75, 3.05) is 11.9 Å². The minimum absolute atomic E-state index is 0.00771. The van der Waals surface area contributed by atoms with Crippen LogP contribution >= 0.6 is 11.6 Å². The van der Waals surface area contributed by atoms with Crippen LogP contribution < -0.4 is 10.1 Å². The molecule has 1 amide bonds. The lowest BCUT2D eigenvalue weighted by Gasteiger charge is -2.10. The Morgan fingerprint density at radius 3 is 2.81 bits per heavy atom. The van der Waals surface area contributed by atoms with Crippen molar-refractivity contribution in [1.29, 1.82) is 0 Å². The van der Waals surface area contributed by atoms with Gasteiger partial charge in [-0.3, -0.25) is 19.6 Å². The van der Waals surface area contributed by atoms with Gasteiger partial charge in [0.2, 0.25) is 0 Å². The number of anilines is 1. The summed E-state index contributed by atoms with van der Waals surface area (Å²) in [6.45, 7) is 1.02. The highest BCUT2D eigenvalue weighted by molar-refractivity contribution is 6.34. The second kappa shape index (κ2) is 8.33. The number of nitro groups is 1. The molecule has 0 saturated carbocycles. The van der Waals surface area contributed by atoms with Crippen molar-refractivity contribution in [3.05, 3.63) is 81.6 Å². The van der Waals surface area contributed by atoms with Crippen LogP contribution in [0.2, 0.25) is 5.02 Å². The number of nitrogens with one attached hydrogen (secondary N) is 1. The zero-order valence-electron chi connectivity index (χ0n) is 14.0. The lowest BCUT2D eigenvalue weighted by molar-refractivity contribution is -0.384. The van der Waals surface area contributed by atoms with Gasteiger partial charge in [0.05, 0.1) is 22.1 Å². The van der Waals surface area contributed by atoms with Gasteiger partial charge in [-0.05, 0) is 24.3 Å². The van der Waals surface area contributed by atoms with Gasteiger partial charge in [-0.25, -0.2) is 0 Å². The first-order chi connectivity index (χ1) is 13.0. The number of halogens is 1. The molecule has 138 valence electrons. The maximum absolute atomic E-state index is 12.4. The van der Waals surface area contributed by atoms with Crippen molar-refractivity contribution in [2.24, 2.45) is 0 Å². The molecule has 0 aliphatic carbocycles. The fraction of sp³-hybridized carbons (Fsp3) is 0.111. The molecule has 3 rings (SSSR count). The summed E-state index contributed by atoms with van der Waals surface area (Å²) in [5.74, 6) is 0.123. The molecule has 1 aromatic heterocycles. The number of rotatable bonds is 7. The third kappa shape index (κ3) is 4.83. The maximum atomic E-state index is 12.4. The molecule has 1 heterocycles. The van der Waals surface area contributed by atoms with Gasteiger partial charge in [-0.2, -0.15) is 5.10 Å². The predicted octanol–water partition coefficient (Wildman–Crippen LogP) is 3.78. The van der Waals surface area contributed by atoms with Crippen LogP contribution in [0, 0.1) is 10.1 Å². The SMILES string of the molecule is O=C(Nc1cccc(OCCn2cccn2)c1)c1ccc([N+](=O)[O-])cc1Cl. The highest BCUT2D eigenvalue weighted by Crippen LogP contribution is 2.24. The molecule has 27 heavy (non-hydrogen) atoms. The van der Waals surface area contributed by atoms with Crippen LogP contribution in [0.3, 0.4) is 0 Å². The monoisotopic (exact) mass is 386 g/mol. The number of hydrogen-bond donors (Lipinski definition) is 1. The second-order valence-electron chi connectivity index (χ2n) is 5.52. The van der Waals surface area contributed by atoms with E-state index >= 15 is 0 Å². The van der Waals surface area contributed by atoms with Crippen LogP contribution in [0.4, 0.5) is 11.4 Å². The van der Waals surface area contributed by atoms with Gasteiger partial charge >= 0.3 is 0 Å². The fourth-order valence-electron chi connectivity index (χ4n) is 2.35. The number of benzene rings is 2. The van der Waals surface area contributed by atoms with Crippen molar-refractivity contribution < 1.29 is 14.5 Å². The Morgan fingerprint density at radius 2 is 2.11 bits per heavy atom. The molecule has 0 fully saturated rings. The maximum Gasteiger partial charge on any atom is 0.270 e. The van der Waals surface area contributed by atoms with Crippen LogP contribution in [-0.2, 0) is 6.54 Å². The summed E-state index contributed by atoms with van der Waals surface area (Å²) in [6.07, 6.45) is 3.54. The summed E-state index contributed by atoms with van der Waals surface area (Å²) in [5.41, 5.74) is 0.488. The first kappa shape index (κ1) is 18.4. The van der Waals surface area contributed by atoms with E-state index in [9.17, 15) is 14.9 Å². The number of hydrogen-bond acceptors (Lipinski definition) is 5. The average Bonchev–Trinajstić information content (AvgIpc) is 3.15. The summed E-state index contributed by atoms with van der Waals surface area (Å²) in [7, 11) is 0. The van der Waals surface area contributed by atoms with E-state index in [1.54, 1.807) is 35.1 Å². The zero-order chi connectivity index (χ0) is 19.2. The Hall–Kier alpha value is -3.39.